The lowest BCUT2D eigenvalue weighted by molar-refractivity contribution is 0.525. The first kappa shape index (κ1) is 9.93. The highest BCUT2D eigenvalue weighted by Crippen LogP contribution is 2.11. The summed E-state index contributed by atoms with van der Waals surface area (Å²) in [7, 11) is 0. The van der Waals surface area contributed by atoms with E-state index >= 15 is 0 Å². The summed E-state index contributed by atoms with van der Waals surface area (Å²) in [6.45, 7) is 2.70. The van der Waals surface area contributed by atoms with Gasteiger partial charge in [-0.05, 0) is 18.6 Å². The zero-order chi connectivity index (χ0) is 10.7. The Morgan fingerprint density at radius 3 is 2.60 bits per heavy atom. The van der Waals surface area contributed by atoms with Crippen LogP contribution in [0.1, 0.15) is 17.3 Å². The molecule has 0 aliphatic rings. The predicted molar refractivity (Wildman–Crippen MR) is 60.3 cm³/mol. The smallest absolute Gasteiger partial charge is 0.0602 e. The van der Waals surface area contributed by atoms with Gasteiger partial charge < -0.3 is 5.73 Å². The molecule has 0 aliphatic carbocycles. The van der Waals surface area contributed by atoms with Gasteiger partial charge >= 0.3 is 0 Å². The van der Waals surface area contributed by atoms with E-state index in [9.17, 15) is 0 Å². The Bertz CT molecular complexity index is 419. The maximum Gasteiger partial charge on any atom is 0.0602 e. The molecule has 0 amide bonds. The van der Waals surface area contributed by atoms with Crippen LogP contribution in [-0.4, -0.2) is 9.78 Å². The normalized spacial score (nSPS) is 12.7. The zero-order valence-electron chi connectivity index (χ0n) is 8.80. The van der Waals surface area contributed by atoms with E-state index in [0.29, 0.717) is 0 Å². The van der Waals surface area contributed by atoms with Crippen LogP contribution >= 0.6 is 0 Å². The van der Waals surface area contributed by atoms with Gasteiger partial charge in [0.25, 0.3) is 0 Å². The molecule has 1 heterocycles. The average molecular weight is 201 g/mol. The van der Waals surface area contributed by atoms with Crippen molar-refractivity contribution in [2.75, 3.05) is 0 Å². The second-order valence-corrected chi connectivity index (χ2v) is 3.70. The van der Waals surface area contributed by atoms with E-state index in [2.05, 4.69) is 5.10 Å². The molecule has 2 rings (SSSR count). The highest BCUT2D eigenvalue weighted by molar-refractivity contribution is 5.18. The first-order chi connectivity index (χ1) is 7.25. The number of hydrogen-bond acceptors (Lipinski definition) is 2. The molecule has 3 nitrogen and oxygen atoms in total. The second-order valence-electron chi connectivity index (χ2n) is 3.70. The van der Waals surface area contributed by atoms with Gasteiger partial charge in [-0.1, -0.05) is 30.3 Å². The van der Waals surface area contributed by atoms with Crippen LogP contribution in [0.3, 0.4) is 0 Å². The van der Waals surface area contributed by atoms with Crippen molar-refractivity contribution in [2.24, 2.45) is 5.73 Å². The van der Waals surface area contributed by atoms with Gasteiger partial charge in [-0.3, -0.25) is 4.68 Å². The molecule has 0 aliphatic heterocycles. The molecule has 1 unspecified atom stereocenters. The molecule has 0 fully saturated rings. The summed E-state index contributed by atoms with van der Waals surface area (Å²) in [5.74, 6) is 0. The van der Waals surface area contributed by atoms with E-state index < -0.39 is 0 Å². The molecule has 1 aromatic heterocycles. The van der Waals surface area contributed by atoms with E-state index in [4.69, 9.17) is 5.73 Å². The summed E-state index contributed by atoms with van der Waals surface area (Å²) in [6.07, 6.45) is 1.96. The van der Waals surface area contributed by atoms with Gasteiger partial charge in [-0.2, -0.15) is 5.10 Å². The standard InChI is InChI=1S/C12H15N3/c1-10-7-8-15(14-10)9-12(13)11-5-3-2-4-6-11/h2-8,12H,9,13H2,1H3. The molecule has 0 spiro atoms. The zero-order valence-corrected chi connectivity index (χ0v) is 8.80. The van der Waals surface area contributed by atoms with Crippen LogP contribution in [0, 0.1) is 6.92 Å². The van der Waals surface area contributed by atoms with Crippen LogP contribution in [0.15, 0.2) is 42.6 Å². The van der Waals surface area contributed by atoms with Crippen LogP contribution in [0.4, 0.5) is 0 Å². The number of hydrogen-bond donors (Lipinski definition) is 1. The molecular weight excluding hydrogens is 186 g/mol. The Balaban J connectivity index is 2.07. The Morgan fingerprint density at radius 2 is 2.00 bits per heavy atom. The number of nitrogens with zero attached hydrogens (tertiary/aromatic N) is 2. The number of aryl methyl sites for hydroxylation is 1. The third kappa shape index (κ3) is 2.44. The Hall–Kier alpha value is -1.61. The SMILES string of the molecule is Cc1ccn(CC(N)c2ccccc2)n1. The average Bonchev–Trinajstić information content (AvgIpc) is 2.65. The first-order valence-electron chi connectivity index (χ1n) is 5.06. The number of rotatable bonds is 3. The second kappa shape index (κ2) is 4.28. The summed E-state index contributed by atoms with van der Waals surface area (Å²) >= 11 is 0. The summed E-state index contributed by atoms with van der Waals surface area (Å²) in [5, 5.41) is 4.31. The van der Waals surface area contributed by atoms with Crippen LogP contribution in [0.5, 0.6) is 0 Å². The molecule has 2 aromatic rings. The number of benzene rings is 1. The van der Waals surface area contributed by atoms with E-state index in [1.807, 2.05) is 54.2 Å². The van der Waals surface area contributed by atoms with Gasteiger partial charge in [0.15, 0.2) is 0 Å². The fraction of sp³-hybridized carbons (Fsp3) is 0.250. The first-order valence-corrected chi connectivity index (χ1v) is 5.06. The fourth-order valence-corrected chi connectivity index (χ4v) is 1.57. The molecule has 0 saturated heterocycles. The van der Waals surface area contributed by atoms with Crippen molar-refractivity contribution in [3.63, 3.8) is 0 Å². The minimum atomic E-state index is 0.00509. The van der Waals surface area contributed by atoms with Crippen LogP contribution in [-0.2, 0) is 6.54 Å². The lowest BCUT2D eigenvalue weighted by Gasteiger charge is -2.11. The largest absolute Gasteiger partial charge is 0.322 e. The van der Waals surface area contributed by atoms with Crippen LogP contribution < -0.4 is 5.73 Å². The summed E-state index contributed by atoms with van der Waals surface area (Å²) in [5.41, 5.74) is 8.24. The highest BCUT2D eigenvalue weighted by atomic mass is 15.3. The van der Waals surface area contributed by atoms with Crippen molar-refractivity contribution in [3.8, 4) is 0 Å². The van der Waals surface area contributed by atoms with Crippen LogP contribution in [0.25, 0.3) is 0 Å². The lowest BCUT2D eigenvalue weighted by atomic mass is 10.1. The van der Waals surface area contributed by atoms with Crippen molar-refractivity contribution in [1.29, 1.82) is 0 Å². The predicted octanol–water partition coefficient (Wildman–Crippen LogP) is 1.89. The highest BCUT2D eigenvalue weighted by Gasteiger charge is 2.06. The van der Waals surface area contributed by atoms with E-state index in [1.165, 1.54) is 0 Å². The van der Waals surface area contributed by atoms with E-state index in [1.54, 1.807) is 0 Å². The van der Waals surface area contributed by atoms with E-state index in [-0.39, 0.29) is 6.04 Å². The van der Waals surface area contributed by atoms with Gasteiger partial charge in [0.2, 0.25) is 0 Å². The molecule has 0 saturated carbocycles. The molecule has 3 heteroatoms. The molecule has 1 atom stereocenters. The number of nitrogens with two attached hydrogens (primary N) is 1. The van der Waals surface area contributed by atoms with Crippen molar-refractivity contribution in [3.05, 3.63) is 53.9 Å². The van der Waals surface area contributed by atoms with Crippen molar-refractivity contribution < 1.29 is 0 Å². The molecule has 0 bridgehead atoms. The van der Waals surface area contributed by atoms with Crippen molar-refractivity contribution >= 4 is 0 Å². The van der Waals surface area contributed by atoms with Gasteiger partial charge in [0.05, 0.1) is 12.2 Å². The van der Waals surface area contributed by atoms with Gasteiger partial charge in [0.1, 0.15) is 0 Å². The number of aromatic nitrogens is 2. The van der Waals surface area contributed by atoms with Crippen molar-refractivity contribution in [2.45, 2.75) is 19.5 Å². The summed E-state index contributed by atoms with van der Waals surface area (Å²) in [6, 6.07) is 12.1. The maximum absolute atomic E-state index is 6.08. The third-order valence-electron chi connectivity index (χ3n) is 2.39. The third-order valence-corrected chi connectivity index (χ3v) is 2.39. The van der Waals surface area contributed by atoms with Gasteiger partial charge in [0, 0.05) is 12.2 Å². The monoisotopic (exact) mass is 201 g/mol. The maximum atomic E-state index is 6.08. The minimum absolute atomic E-state index is 0.00509. The van der Waals surface area contributed by atoms with Crippen molar-refractivity contribution in [1.82, 2.24) is 9.78 Å². The fourth-order valence-electron chi connectivity index (χ4n) is 1.57. The van der Waals surface area contributed by atoms with E-state index in [0.717, 1.165) is 17.8 Å². The lowest BCUT2D eigenvalue weighted by Crippen LogP contribution is -2.17. The molecule has 15 heavy (non-hydrogen) atoms. The Kier molecular flexibility index (Phi) is 2.83. The molecular formula is C12H15N3. The molecule has 2 N–H and O–H groups in total. The molecule has 1 aromatic carbocycles. The van der Waals surface area contributed by atoms with Gasteiger partial charge in [-0.25, -0.2) is 0 Å². The minimum Gasteiger partial charge on any atom is -0.322 e. The molecule has 78 valence electrons. The summed E-state index contributed by atoms with van der Waals surface area (Å²) < 4.78 is 1.88. The quantitative estimate of drug-likeness (QED) is 0.824. The van der Waals surface area contributed by atoms with Crippen LogP contribution in [0.2, 0.25) is 0 Å². The Labute approximate surface area is 89.5 Å². The Morgan fingerprint density at radius 1 is 1.27 bits per heavy atom. The summed E-state index contributed by atoms with van der Waals surface area (Å²) in [4.78, 5) is 0. The topological polar surface area (TPSA) is 43.8 Å². The molecule has 0 radical (unpaired) electrons. The van der Waals surface area contributed by atoms with Gasteiger partial charge in [-0.15, -0.1) is 0 Å².